The van der Waals surface area contributed by atoms with Gasteiger partial charge in [-0.3, -0.25) is 9.67 Å². The highest BCUT2D eigenvalue weighted by Gasteiger charge is 2.10. The fourth-order valence-corrected chi connectivity index (χ4v) is 1.62. The molecular formula is C14H20N4O. The summed E-state index contributed by atoms with van der Waals surface area (Å²) in [5.74, 6) is 0.726. The van der Waals surface area contributed by atoms with Crippen LogP contribution in [0.3, 0.4) is 0 Å². The average molecular weight is 260 g/mol. The third-order valence-corrected chi connectivity index (χ3v) is 2.60. The summed E-state index contributed by atoms with van der Waals surface area (Å²) in [6.07, 6.45) is 1.38. The maximum Gasteiger partial charge on any atom is 0.168 e. The Morgan fingerprint density at radius 3 is 2.32 bits per heavy atom. The van der Waals surface area contributed by atoms with Gasteiger partial charge in [0, 0.05) is 25.2 Å². The lowest BCUT2D eigenvalue weighted by Crippen LogP contribution is -1.97. The summed E-state index contributed by atoms with van der Waals surface area (Å²) in [5.41, 5.74) is 8.95. The van der Waals surface area contributed by atoms with E-state index in [1.165, 1.54) is 6.40 Å². The van der Waals surface area contributed by atoms with E-state index in [2.05, 4.69) is 14.8 Å². The molecule has 2 N–H and O–H groups in total. The van der Waals surface area contributed by atoms with Crippen LogP contribution >= 0.6 is 0 Å². The van der Waals surface area contributed by atoms with E-state index in [1.54, 1.807) is 18.8 Å². The lowest BCUT2D eigenvalue weighted by molar-refractivity contribution is 0.422. The van der Waals surface area contributed by atoms with Gasteiger partial charge in [-0.05, 0) is 6.92 Å². The maximum absolute atomic E-state index is 5.84. The van der Waals surface area contributed by atoms with Crippen molar-refractivity contribution in [3.63, 3.8) is 0 Å². The van der Waals surface area contributed by atoms with E-state index < -0.39 is 0 Å². The molecule has 0 amide bonds. The summed E-state index contributed by atoms with van der Waals surface area (Å²) in [7, 11) is 5.07. The van der Waals surface area contributed by atoms with Crippen molar-refractivity contribution in [1.29, 1.82) is 0 Å². The second kappa shape index (κ2) is 7.20. The quantitative estimate of drug-likeness (QED) is 0.665. The van der Waals surface area contributed by atoms with Crippen LogP contribution in [-0.4, -0.2) is 30.3 Å². The van der Waals surface area contributed by atoms with Crippen molar-refractivity contribution >= 4 is 12.2 Å². The number of rotatable bonds is 2. The Balaban J connectivity index is 0.000000312. The van der Waals surface area contributed by atoms with Crippen molar-refractivity contribution in [2.75, 3.05) is 19.9 Å². The number of nitrogen functional groups attached to an aromatic ring is 1. The van der Waals surface area contributed by atoms with E-state index in [0.717, 1.165) is 22.6 Å². The van der Waals surface area contributed by atoms with Crippen LogP contribution in [0, 0.1) is 6.92 Å². The molecule has 2 aromatic rings. The van der Waals surface area contributed by atoms with Gasteiger partial charge in [-0.15, -0.1) is 0 Å². The van der Waals surface area contributed by atoms with E-state index in [9.17, 15) is 0 Å². The molecule has 0 unspecified atom stereocenters. The maximum atomic E-state index is 5.84. The van der Waals surface area contributed by atoms with Crippen LogP contribution in [0.15, 0.2) is 35.3 Å². The molecule has 1 aromatic carbocycles. The van der Waals surface area contributed by atoms with Gasteiger partial charge in [-0.2, -0.15) is 5.10 Å². The molecule has 0 aliphatic rings. The van der Waals surface area contributed by atoms with Gasteiger partial charge >= 0.3 is 0 Å². The first-order valence-electron chi connectivity index (χ1n) is 5.89. The van der Waals surface area contributed by atoms with Gasteiger partial charge in [0.2, 0.25) is 0 Å². The number of hydrogen-bond acceptors (Lipinski definition) is 4. The summed E-state index contributed by atoms with van der Waals surface area (Å²) in [5, 5.41) is 4.37. The first-order chi connectivity index (χ1) is 9.11. The highest BCUT2D eigenvalue weighted by Crippen LogP contribution is 2.24. The number of methoxy groups -OCH3 is 1. The molecule has 0 saturated heterocycles. The van der Waals surface area contributed by atoms with E-state index in [1.807, 2.05) is 44.3 Å². The molecule has 0 spiro atoms. The van der Waals surface area contributed by atoms with E-state index >= 15 is 0 Å². The molecule has 0 radical (unpaired) electrons. The standard InChI is InChI=1S/C11H13N3.C3H7NO/c1-8-10(13-14(2)11(8)12)9-6-4-3-5-7-9;1-4-3-5-2/h3-7H,12H2,1-2H3;3H,1-2H3. The summed E-state index contributed by atoms with van der Waals surface area (Å²) in [6, 6.07) is 10.1. The minimum Gasteiger partial charge on any atom is -0.487 e. The Hall–Kier alpha value is -2.30. The Kier molecular flexibility index (Phi) is 5.60. The topological polar surface area (TPSA) is 65.4 Å². The normalized spacial score (nSPS) is 10.1. The molecule has 0 saturated carbocycles. The van der Waals surface area contributed by atoms with Crippen molar-refractivity contribution in [3.8, 4) is 11.3 Å². The second-order valence-electron chi connectivity index (χ2n) is 3.95. The molecule has 0 atom stereocenters. The van der Waals surface area contributed by atoms with Gasteiger partial charge in [-0.25, -0.2) is 0 Å². The van der Waals surface area contributed by atoms with Crippen molar-refractivity contribution in [2.24, 2.45) is 12.0 Å². The molecule has 0 aliphatic carbocycles. The van der Waals surface area contributed by atoms with Crippen molar-refractivity contribution in [1.82, 2.24) is 9.78 Å². The Morgan fingerprint density at radius 2 is 1.95 bits per heavy atom. The van der Waals surface area contributed by atoms with Crippen LogP contribution in [-0.2, 0) is 11.8 Å². The predicted molar refractivity (Wildman–Crippen MR) is 79.2 cm³/mol. The fraction of sp³-hybridized carbons (Fsp3) is 0.286. The summed E-state index contributed by atoms with van der Waals surface area (Å²) in [6.45, 7) is 1.99. The van der Waals surface area contributed by atoms with Crippen molar-refractivity contribution < 1.29 is 4.74 Å². The molecule has 102 valence electrons. The Morgan fingerprint density at radius 1 is 1.32 bits per heavy atom. The van der Waals surface area contributed by atoms with Crippen LogP contribution < -0.4 is 5.73 Å². The fourth-order valence-electron chi connectivity index (χ4n) is 1.62. The molecule has 2 rings (SSSR count). The van der Waals surface area contributed by atoms with E-state index in [0.29, 0.717) is 0 Å². The zero-order valence-electron chi connectivity index (χ0n) is 11.8. The number of nitrogens with two attached hydrogens (primary N) is 1. The largest absolute Gasteiger partial charge is 0.487 e. The summed E-state index contributed by atoms with van der Waals surface area (Å²) >= 11 is 0. The monoisotopic (exact) mass is 260 g/mol. The highest BCUT2D eigenvalue weighted by atomic mass is 16.5. The highest BCUT2D eigenvalue weighted by molar-refractivity contribution is 5.67. The van der Waals surface area contributed by atoms with Gasteiger partial charge in [0.25, 0.3) is 0 Å². The van der Waals surface area contributed by atoms with Crippen LogP contribution in [0.4, 0.5) is 5.82 Å². The van der Waals surface area contributed by atoms with Crippen molar-refractivity contribution in [2.45, 2.75) is 6.92 Å². The summed E-state index contributed by atoms with van der Waals surface area (Å²) in [4.78, 5) is 3.51. The van der Waals surface area contributed by atoms with Crippen LogP contribution in [0.1, 0.15) is 5.56 Å². The molecule has 19 heavy (non-hydrogen) atoms. The average Bonchev–Trinajstić information content (AvgIpc) is 2.69. The zero-order valence-corrected chi connectivity index (χ0v) is 11.8. The minimum absolute atomic E-state index is 0.726. The van der Waals surface area contributed by atoms with Crippen molar-refractivity contribution in [3.05, 3.63) is 35.9 Å². The first kappa shape index (κ1) is 14.8. The SMILES string of the molecule is CN=COC.Cc1c(-c2ccccc2)nn(C)c1N. The number of hydrogen-bond donors (Lipinski definition) is 1. The smallest absolute Gasteiger partial charge is 0.168 e. The van der Waals surface area contributed by atoms with Crippen LogP contribution in [0.2, 0.25) is 0 Å². The van der Waals surface area contributed by atoms with Crippen LogP contribution in [0.5, 0.6) is 0 Å². The Labute approximate surface area is 113 Å². The molecule has 1 aromatic heterocycles. The van der Waals surface area contributed by atoms with Gasteiger partial charge < -0.3 is 10.5 Å². The van der Waals surface area contributed by atoms with E-state index in [-0.39, 0.29) is 0 Å². The zero-order chi connectivity index (χ0) is 14.3. The third kappa shape index (κ3) is 3.84. The number of benzene rings is 1. The molecule has 5 heteroatoms. The molecule has 0 bridgehead atoms. The number of anilines is 1. The molecule has 0 fully saturated rings. The predicted octanol–water partition coefficient (Wildman–Crippen LogP) is 2.27. The number of nitrogens with zero attached hydrogens (tertiary/aromatic N) is 3. The molecule has 0 aliphatic heterocycles. The number of aryl methyl sites for hydroxylation is 1. The van der Waals surface area contributed by atoms with Gasteiger partial charge in [0.05, 0.1) is 12.8 Å². The van der Waals surface area contributed by atoms with Gasteiger partial charge in [-0.1, -0.05) is 30.3 Å². The van der Waals surface area contributed by atoms with Gasteiger partial charge in [0.15, 0.2) is 6.40 Å². The lowest BCUT2D eigenvalue weighted by atomic mass is 10.1. The molecule has 1 heterocycles. The number of aliphatic imine (C=N–C) groups is 1. The second-order valence-corrected chi connectivity index (χ2v) is 3.95. The first-order valence-corrected chi connectivity index (χ1v) is 5.89. The number of aromatic nitrogens is 2. The molecular weight excluding hydrogens is 240 g/mol. The van der Waals surface area contributed by atoms with E-state index in [4.69, 9.17) is 5.73 Å². The molecule has 5 nitrogen and oxygen atoms in total. The number of ether oxygens (including phenoxy) is 1. The summed E-state index contributed by atoms with van der Waals surface area (Å²) < 4.78 is 6.11. The Bertz CT molecular complexity index is 532. The van der Waals surface area contributed by atoms with Gasteiger partial charge in [0.1, 0.15) is 5.82 Å². The minimum atomic E-state index is 0.726. The van der Waals surface area contributed by atoms with Crippen LogP contribution in [0.25, 0.3) is 11.3 Å². The third-order valence-electron chi connectivity index (χ3n) is 2.60. The lowest BCUT2D eigenvalue weighted by Gasteiger charge is -1.96.